The number of alkyl carbamates (subject to hydrolysis) is 2. The van der Waals surface area contributed by atoms with Crippen molar-refractivity contribution in [2.24, 2.45) is 0 Å². The van der Waals surface area contributed by atoms with E-state index in [1.54, 1.807) is 41.5 Å². The maximum absolute atomic E-state index is 13.8. The first-order chi connectivity index (χ1) is 26.6. The largest absolute Gasteiger partial charge is 0.461 e. The van der Waals surface area contributed by atoms with Gasteiger partial charge in [0.1, 0.15) is 42.0 Å². The summed E-state index contributed by atoms with van der Waals surface area (Å²) >= 11 is 0. The lowest BCUT2D eigenvalue weighted by molar-refractivity contribution is -0.156. The zero-order valence-electron chi connectivity index (χ0n) is 34.3. The van der Waals surface area contributed by atoms with Gasteiger partial charge in [-0.3, -0.25) is 24.0 Å². The van der Waals surface area contributed by atoms with E-state index >= 15 is 0 Å². The monoisotopic (exact) mass is 797 g/mol. The summed E-state index contributed by atoms with van der Waals surface area (Å²) in [6, 6.07) is 15.5. The zero-order valence-corrected chi connectivity index (χ0v) is 34.3. The van der Waals surface area contributed by atoms with Gasteiger partial charge in [-0.15, -0.1) is 0 Å². The van der Waals surface area contributed by atoms with Gasteiger partial charge < -0.3 is 45.5 Å². The van der Waals surface area contributed by atoms with Crippen LogP contribution in [0.1, 0.15) is 98.6 Å². The molecule has 0 radical (unpaired) electrons. The smallest absolute Gasteiger partial charge is 0.408 e. The van der Waals surface area contributed by atoms with Crippen LogP contribution in [0.15, 0.2) is 60.7 Å². The van der Waals surface area contributed by atoms with Crippen LogP contribution in [0.4, 0.5) is 9.59 Å². The summed E-state index contributed by atoms with van der Waals surface area (Å²) in [5.74, 6) is -3.54. The predicted octanol–water partition coefficient (Wildman–Crippen LogP) is 4.34. The van der Waals surface area contributed by atoms with Crippen LogP contribution in [0.3, 0.4) is 0 Å². The second kappa shape index (κ2) is 22.8. The van der Waals surface area contributed by atoms with E-state index in [9.17, 15) is 33.6 Å². The van der Waals surface area contributed by atoms with Crippen molar-refractivity contribution in [1.82, 2.24) is 26.6 Å². The summed E-state index contributed by atoms with van der Waals surface area (Å²) in [5.41, 5.74) is -1.68. The first-order valence-electron chi connectivity index (χ1n) is 18.9. The molecule has 0 saturated carbocycles. The zero-order chi connectivity index (χ0) is 42.6. The number of benzene rings is 2. The number of rotatable bonds is 20. The number of amides is 5. The number of carbonyl (C=O) groups is 7. The third kappa shape index (κ3) is 20.7. The predicted molar refractivity (Wildman–Crippen MR) is 210 cm³/mol. The van der Waals surface area contributed by atoms with Gasteiger partial charge in [-0.05, 0) is 85.8 Å². The average Bonchev–Trinajstić information content (AvgIpc) is 3.11. The normalized spacial score (nSPS) is 12.5. The lowest BCUT2D eigenvalue weighted by atomic mass is 10.0. The molecule has 0 saturated heterocycles. The van der Waals surface area contributed by atoms with Gasteiger partial charge in [0.15, 0.2) is 0 Å². The quantitative estimate of drug-likeness (QED) is 0.0722. The molecule has 0 aliphatic rings. The van der Waals surface area contributed by atoms with E-state index in [0.717, 1.165) is 11.1 Å². The van der Waals surface area contributed by atoms with Crippen molar-refractivity contribution in [3.05, 3.63) is 71.8 Å². The summed E-state index contributed by atoms with van der Waals surface area (Å²) in [6.07, 6.45) is -1.57. The third-order valence-electron chi connectivity index (χ3n) is 7.69. The van der Waals surface area contributed by atoms with Crippen molar-refractivity contribution in [3.63, 3.8) is 0 Å². The molecule has 5 amide bonds. The molecular formula is C41H59N5O11. The maximum Gasteiger partial charge on any atom is 0.408 e. The highest BCUT2D eigenvalue weighted by Crippen LogP contribution is 2.13. The molecule has 57 heavy (non-hydrogen) atoms. The lowest BCUT2D eigenvalue weighted by Gasteiger charge is -2.29. The Bertz CT molecular complexity index is 1610. The van der Waals surface area contributed by atoms with E-state index < -0.39 is 77.1 Å². The summed E-state index contributed by atoms with van der Waals surface area (Å²) in [4.78, 5) is 90.6. The summed E-state index contributed by atoms with van der Waals surface area (Å²) in [7, 11) is 0. The highest BCUT2D eigenvalue weighted by molar-refractivity contribution is 5.96. The molecule has 0 aromatic heterocycles. The number of ether oxygens (including phenoxy) is 4. The fourth-order valence-electron chi connectivity index (χ4n) is 4.95. The van der Waals surface area contributed by atoms with E-state index in [4.69, 9.17) is 18.9 Å². The Balaban J connectivity index is 2.11. The minimum Gasteiger partial charge on any atom is -0.461 e. The highest BCUT2D eigenvalue weighted by atomic mass is 16.6. The summed E-state index contributed by atoms with van der Waals surface area (Å²) in [5, 5.41) is 12.9. The molecule has 314 valence electrons. The molecule has 0 spiro atoms. The molecule has 0 unspecified atom stereocenters. The van der Waals surface area contributed by atoms with Crippen molar-refractivity contribution < 1.29 is 52.5 Å². The number of hydrogen-bond acceptors (Lipinski definition) is 11. The summed E-state index contributed by atoms with van der Waals surface area (Å²) < 4.78 is 21.1. The van der Waals surface area contributed by atoms with Crippen LogP contribution >= 0.6 is 0 Å². The van der Waals surface area contributed by atoms with Gasteiger partial charge in [0.2, 0.25) is 17.7 Å². The van der Waals surface area contributed by atoms with Gasteiger partial charge in [-0.25, -0.2) is 9.59 Å². The molecule has 5 N–H and O–H groups in total. The second-order valence-corrected chi connectivity index (χ2v) is 15.8. The Kier molecular flexibility index (Phi) is 19.0. The Morgan fingerprint density at radius 2 is 1.14 bits per heavy atom. The molecule has 2 aromatic rings. The number of unbranched alkanes of at least 4 members (excludes halogenated alkanes) is 1. The number of esters is 2. The number of carbonyl (C=O) groups excluding carboxylic acids is 7. The SMILES string of the molecule is CC(C)(C)OC(=O)C[C@H](NC(=O)OC(C)(C)C)C(=O)N[C@@H](CCCCNC(=O)OCc1ccccc1)C(=O)NC(C)(C)C(=O)NCCC(=O)OCc1ccccc1. The van der Waals surface area contributed by atoms with Gasteiger partial charge in [0, 0.05) is 13.1 Å². The van der Waals surface area contributed by atoms with E-state index in [-0.39, 0.29) is 39.1 Å². The second-order valence-electron chi connectivity index (χ2n) is 15.8. The Morgan fingerprint density at radius 3 is 1.70 bits per heavy atom. The van der Waals surface area contributed by atoms with Crippen LogP contribution in [-0.4, -0.2) is 83.8 Å². The topological polar surface area (TPSA) is 217 Å². The van der Waals surface area contributed by atoms with Gasteiger partial charge in [0.05, 0.1) is 12.8 Å². The van der Waals surface area contributed by atoms with Gasteiger partial charge >= 0.3 is 24.1 Å². The molecule has 0 bridgehead atoms. The first kappa shape index (κ1) is 47.5. The van der Waals surface area contributed by atoms with E-state index in [1.807, 2.05) is 60.7 Å². The van der Waals surface area contributed by atoms with E-state index in [0.29, 0.717) is 12.8 Å². The van der Waals surface area contributed by atoms with Gasteiger partial charge in [0.25, 0.3) is 0 Å². The van der Waals surface area contributed by atoms with Crippen LogP contribution in [-0.2, 0) is 56.1 Å². The fraction of sp³-hybridized carbons (Fsp3) is 0.537. The van der Waals surface area contributed by atoms with Crippen LogP contribution in [0.25, 0.3) is 0 Å². The van der Waals surface area contributed by atoms with Crippen molar-refractivity contribution in [2.75, 3.05) is 13.1 Å². The summed E-state index contributed by atoms with van der Waals surface area (Å²) in [6.45, 7) is 13.0. The molecule has 0 aliphatic carbocycles. The van der Waals surface area contributed by atoms with Crippen LogP contribution in [0.2, 0.25) is 0 Å². The standard InChI is InChI=1S/C41H59N5O11/c1-39(2,3)56-33(48)25-31(45-38(53)57-40(4,5)6)34(49)44-30(21-15-16-23-43-37(52)55-27-29-19-13-10-14-20-29)35(50)46-41(7,8)36(51)42-24-22-32(47)54-26-28-17-11-9-12-18-28/h9-14,17-20,30-31H,15-16,21-27H2,1-8H3,(H,42,51)(H,43,52)(H,44,49)(H,45,53)(H,46,50)/t30-,31-/m0/s1. The minimum absolute atomic E-state index is 0.0366. The fourth-order valence-corrected chi connectivity index (χ4v) is 4.95. The minimum atomic E-state index is -1.51. The molecule has 2 aromatic carbocycles. The average molecular weight is 798 g/mol. The Labute approximate surface area is 334 Å². The van der Waals surface area contributed by atoms with Crippen molar-refractivity contribution >= 4 is 41.8 Å². The third-order valence-corrected chi connectivity index (χ3v) is 7.69. The van der Waals surface area contributed by atoms with Crippen molar-refractivity contribution in [3.8, 4) is 0 Å². The number of nitrogens with one attached hydrogen (secondary N) is 5. The van der Waals surface area contributed by atoms with E-state index in [2.05, 4.69) is 26.6 Å². The van der Waals surface area contributed by atoms with Gasteiger partial charge in [-0.2, -0.15) is 0 Å². The maximum atomic E-state index is 13.8. The van der Waals surface area contributed by atoms with E-state index in [1.165, 1.54) is 13.8 Å². The molecule has 2 rings (SSSR count). The lowest BCUT2D eigenvalue weighted by Crippen LogP contribution is -2.60. The van der Waals surface area contributed by atoms with Crippen LogP contribution in [0, 0.1) is 0 Å². The Hall–Kier alpha value is -5.67. The van der Waals surface area contributed by atoms with Gasteiger partial charge in [-0.1, -0.05) is 60.7 Å². The molecular weight excluding hydrogens is 738 g/mol. The Morgan fingerprint density at radius 1 is 0.579 bits per heavy atom. The number of hydrogen-bond donors (Lipinski definition) is 5. The highest BCUT2D eigenvalue weighted by Gasteiger charge is 2.35. The molecule has 0 fully saturated rings. The van der Waals surface area contributed by atoms with Crippen LogP contribution < -0.4 is 26.6 Å². The van der Waals surface area contributed by atoms with Crippen LogP contribution in [0.5, 0.6) is 0 Å². The molecule has 16 nitrogen and oxygen atoms in total. The van der Waals surface area contributed by atoms with Crippen molar-refractivity contribution in [1.29, 1.82) is 0 Å². The first-order valence-corrected chi connectivity index (χ1v) is 18.9. The molecule has 2 atom stereocenters. The van der Waals surface area contributed by atoms with Crippen molar-refractivity contribution in [2.45, 2.75) is 130 Å². The molecule has 0 aliphatic heterocycles. The molecule has 16 heteroatoms. The molecule has 0 heterocycles.